The first-order chi connectivity index (χ1) is 18.3. The minimum atomic E-state index is 0.969. The molecule has 0 saturated carbocycles. The average Bonchev–Trinajstić information content (AvgIpc) is 3.37. The number of pyridine rings is 2. The Morgan fingerprint density at radius 1 is 0.514 bits per heavy atom. The van der Waals surface area contributed by atoms with Crippen LogP contribution in [-0.4, -0.2) is 14.4 Å². The molecule has 0 spiro atoms. The van der Waals surface area contributed by atoms with Crippen LogP contribution in [0, 0.1) is 0 Å². The lowest BCUT2D eigenvalue weighted by Gasteiger charge is -2.13. The fourth-order valence-electron chi connectivity index (χ4n) is 5.65. The van der Waals surface area contributed by atoms with Crippen molar-refractivity contribution in [3.05, 3.63) is 128 Å². The maximum absolute atomic E-state index is 5.05. The SMILES string of the molecule is c1ccc(-c2ccc(-c3ccc4c(c3)c3c(ccc5cccnc53)c3nc5ccccc5n43)cc2)cc1. The van der Waals surface area contributed by atoms with Crippen LogP contribution in [0.5, 0.6) is 0 Å². The Balaban J connectivity index is 1.45. The van der Waals surface area contributed by atoms with E-state index in [2.05, 4.69) is 114 Å². The van der Waals surface area contributed by atoms with Crippen molar-refractivity contribution in [3.8, 4) is 22.3 Å². The first kappa shape index (κ1) is 20.2. The Morgan fingerprint density at radius 3 is 2.11 bits per heavy atom. The van der Waals surface area contributed by atoms with Gasteiger partial charge in [-0.15, -0.1) is 0 Å². The molecule has 3 aromatic heterocycles. The van der Waals surface area contributed by atoms with E-state index in [9.17, 15) is 0 Å². The molecule has 0 aliphatic rings. The smallest absolute Gasteiger partial charge is 0.146 e. The van der Waals surface area contributed by atoms with Gasteiger partial charge in [-0.05, 0) is 58.7 Å². The topological polar surface area (TPSA) is 30.2 Å². The Hall–Kier alpha value is -5.02. The molecule has 8 aromatic rings. The number of rotatable bonds is 2. The summed E-state index contributed by atoms with van der Waals surface area (Å²) in [5.74, 6) is 0. The Bertz CT molecular complexity index is 2120. The zero-order valence-electron chi connectivity index (χ0n) is 20.0. The van der Waals surface area contributed by atoms with Gasteiger partial charge in [-0.2, -0.15) is 0 Å². The van der Waals surface area contributed by atoms with E-state index in [1.807, 2.05) is 18.3 Å². The second kappa shape index (κ2) is 7.74. The van der Waals surface area contributed by atoms with Crippen LogP contribution < -0.4 is 0 Å². The largest absolute Gasteiger partial charge is 0.292 e. The molecule has 0 radical (unpaired) electrons. The molecule has 37 heavy (non-hydrogen) atoms. The zero-order valence-corrected chi connectivity index (χ0v) is 20.0. The Labute approximate surface area is 213 Å². The summed E-state index contributed by atoms with van der Waals surface area (Å²) in [5, 5.41) is 4.58. The van der Waals surface area contributed by atoms with E-state index in [0.29, 0.717) is 0 Å². The standard InChI is InChI=1S/C34H21N3/c1-2-7-22(8-3-1)23-12-14-24(15-13-23)26-17-19-30-28(21-26)32-27(18-16-25-9-6-20-35-33(25)32)34-36-29-10-4-5-11-31(29)37(30)34/h1-21H. The van der Waals surface area contributed by atoms with E-state index in [4.69, 9.17) is 9.97 Å². The monoisotopic (exact) mass is 471 g/mol. The summed E-state index contributed by atoms with van der Waals surface area (Å²) in [6, 6.07) is 43.0. The van der Waals surface area contributed by atoms with E-state index in [0.717, 1.165) is 43.9 Å². The van der Waals surface area contributed by atoms with Crippen LogP contribution in [0.25, 0.3) is 71.5 Å². The summed E-state index contributed by atoms with van der Waals surface area (Å²) >= 11 is 0. The van der Waals surface area contributed by atoms with Gasteiger partial charge in [0.2, 0.25) is 0 Å². The van der Waals surface area contributed by atoms with Gasteiger partial charge in [-0.3, -0.25) is 9.38 Å². The molecular formula is C34H21N3. The van der Waals surface area contributed by atoms with Crippen molar-refractivity contribution < 1.29 is 0 Å². The van der Waals surface area contributed by atoms with Gasteiger partial charge in [0.15, 0.2) is 0 Å². The second-order valence-electron chi connectivity index (χ2n) is 9.50. The van der Waals surface area contributed by atoms with Crippen LogP contribution in [0.1, 0.15) is 0 Å². The summed E-state index contributed by atoms with van der Waals surface area (Å²) < 4.78 is 2.30. The average molecular weight is 472 g/mol. The van der Waals surface area contributed by atoms with Crippen LogP contribution in [0.2, 0.25) is 0 Å². The number of aromatic nitrogens is 3. The van der Waals surface area contributed by atoms with Gasteiger partial charge in [0.25, 0.3) is 0 Å². The molecule has 5 aromatic carbocycles. The normalized spacial score (nSPS) is 11.8. The molecular weight excluding hydrogens is 450 g/mol. The summed E-state index contributed by atoms with van der Waals surface area (Å²) in [7, 11) is 0. The van der Waals surface area contributed by atoms with Crippen LogP contribution >= 0.6 is 0 Å². The van der Waals surface area contributed by atoms with Gasteiger partial charge in [0.05, 0.1) is 22.1 Å². The minimum Gasteiger partial charge on any atom is -0.292 e. The van der Waals surface area contributed by atoms with Crippen molar-refractivity contribution in [1.29, 1.82) is 0 Å². The number of imidazole rings is 1. The highest BCUT2D eigenvalue weighted by Gasteiger charge is 2.16. The van der Waals surface area contributed by atoms with Crippen LogP contribution in [0.15, 0.2) is 128 Å². The quantitative estimate of drug-likeness (QED) is 0.236. The lowest BCUT2D eigenvalue weighted by molar-refractivity contribution is 1.31. The summed E-state index contributed by atoms with van der Waals surface area (Å²) in [4.78, 5) is 9.89. The van der Waals surface area contributed by atoms with Gasteiger partial charge < -0.3 is 0 Å². The van der Waals surface area contributed by atoms with E-state index < -0.39 is 0 Å². The van der Waals surface area contributed by atoms with Crippen LogP contribution in [-0.2, 0) is 0 Å². The number of fused-ring (bicyclic) bond motifs is 10. The van der Waals surface area contributed by atoms with E-state index in [1.165, 1.54) is 27.6 Å². The Morgan fingerprint density at radius 2 is 1.24 bits per heavy atom. The van der Waals surface area contributed by atoms with Crippen LogP contribution in [0.4, 0.5) is 0 Å². The van der Waals surface area contributed by atoms with Gasteiger partial charge in [-0.25, -0.2) is 4.98 Å². The fraction of sp³-hybridized carbons (Fsp3) is 0. The molecule has 0 atom stereocenters. The summed E-state index contributed by atoms with van der Waals surface area (Å²) in [5.41, 5.74) is 10.1. The van der Waals surface area contributed by atoms with Crippen LogP contribution in [0.3, 0.4) is 0 Å². The highest BCUT2D eigenvalue weighted by atomic mass is 15.0. The third-order valence-electron chi connectivity index (χ3n) is 7.41. The number of hydrogen-bond acceptors (Lipinski definition) is 2. The maximum Gasteiger partial charge on any atom is 0.146 e. The first-order valence-corrected chi connectivity index (χ1v) is 12.5. The number of hydrogen-bond donors (Lipinski definition) is 0. The molecule has 0 saturated heterocycles. The highest BCUT2D eigenvalue weighted by Crippen LogP contribution is 2.38. The van der Waals surface area contributed by atoms with E-state index >= 15 is 0 Å². The van der Waals surface area contributed by atoms with Crippen molar-refractivity contribution in [2.45, 2.75) is 0 Å². The first-order valence-electron chi connectivity index (χ1n) is 12.5. The zero-order chi connectivity index (χ0) is 24.3. The number of nitrogens with zero attached hydrogens (tertiary/aromatic N) is 3. The fourth-order valence-corrected chi connectivity index (χ4v) is 5.65. The second-order valence-corrected chi connectivity index (χ2v) is 9.50. The molecule has 0 fully saturated rings. The lowest BCUT2D eigenvalue weighted by Crippen LogP contribution is -1.94. The predicted octanol–water partition coefficient (Wildman–Crippen LogP) is 8.68. The number of para-hydroxylation sites is 2. The molecule has 3 heteroatoms. The molecule has 0 aliphatic heterocycles. The summed E-state index contributed by atoms with van der Waals surface area (Å²) in [6.45, 7) is 0. The van der Waals surface area contributed by atoms with Crippen molar-refractivity contribution in [3.63, 3.8) is 0 Å². The third-order valence-corrected chi connectivity index (χ3v) is 7.41. The highest BCUT2D eigenvalue weighted by molar-refractivity contribution is 6.23. The molecule has 8 rings (SSSR count). The van der Waals surface area contributed by atoms with Crippen molar-refractivity contribution >= 4 is 49.3 Å². The van der Waals surface area contributed by atoms with E-state index in [1.54, 1.807) is 0 Å². The van der Waals surface area contributed by atoms with Crippen molar-refractivity contribution in [2.24, 2.45) is 0 Å². The maximum atomic E-state index is 5.05. The molecule has 0 bridgehead atoms. The molecule has 0 aliphatic carbocycles. The molecule has 0 unspecified atom stereocenters. The van der Waals surface area contributed by atoms with E-state index in [-0.39, 0.29) is 0 Å². The van der Waals surface area contributed by atoms with Gasteiger partial charge in [0.1, 0.15) is 5.65 Å². The Kier molecular flexibility index (Phi) is 4.23. The van der Waals surface area contributed by atoms with Crippen molar-refractivity contribution in [1.82, 2.24) is 14.4 Å². The molecule has 0 N–H and O–H groups in total. The third kappa shape index (κ3) is 3.01. The molecule has 3 heterocycles. The minimum absolute atomic E-state index is 0.969. The molecule has 0 amide bonds. The predicted molar refractivity (Wildman–Crippen MR) is 154 cm³/mol. The lowest BCUT2D eigenvalue weighted by atomic mass is 9.96. The van der Waals surface area contributed by atoms with Gasteiger partial charge in [-0.1, -0.05) is 84.9 Å². The summed E-state index contributed by atoms with van der Waals surface area (Å²) in [6.07, 6.45) is 1.88. The molecule has 3 nitrogen and oxygen atoms in total. The molecule has 172 valence electrons. The van der Waals surface area contributed by atoms with Gasteiger partial charge >= 0.3 is 0 Å². The number of benzene rings is 5. The van der Waals surface area contributed by atoms with Gasteiger partial charge in [0, 0.05) is 27.7 Å². The van der Waals surface area contributed by atoms with Crippen molar-refractivity contribution in [2.75, 3.05) is 0 Å².